The van der Waals surface area contributed by atoms with Crippen molar-refractivity contribution in [3.8, 4) is 0 Å². The summed E-state index contributed by atoms with van der Waals surface area (Å²) in [6.07, 6.45) is 12.2. The van der Waals surface area contributed by atoms with Gasteiger partial charge < -0.3 is 9.90 Å². The van der Waals surface area contributed by atoms with E-state index < -0.39 is 0 Å². The number of hydrogen-bond acceptors (Lipinski definition) is 2. The van der Waals surface area contributed by atoms with Gasteiger partial charge in [-0.05, 0) is 63.2 Å². The molecule has 0 aliphatic heterocycles. The summed E-state index contributed by atoms with van der Waals surface area (Å²) in [6, 6.07) is 0. The minimum absolute atomic E-state index is 0.133. The highest BCUT2D eigenvalue weighted by Crippen LogP contribution is 2.60. The minimum Gasteiger partial charge on any atom is -0.392 e. The molecule has 2 heteroatoms. The molecule has 0 bridgehead atoms. The number of aliphatic hydroxyl groups is 1. The van der Waals surface area contributed by atoms with Crippen molar-refractivity contribution in [2.24, 2.45) is 22.7 Å². The molecule has 1 fully saturated rings. The van der Waals surface area contributed by atoms with Crippen LogP contribution in [0.25, 0.3) is 0 Å². The van der Waals surface area contributed by atoms with E-state index in [1.807, 2.05) is 6.08 Å². The van der Waals surface area contributed by atoms with Gasteiger partial charge in [-0.2, -0.15) is 0 Å². The van der Waals surface area contributed by atoms with Gasteiger partial charge in [-0.25, -0.2) is 0 Å². The van der Waals surface area contributed by atoms with Gasteiger partial charge in [0.1, 0.15) is 6.29 Å². The predicted molar refractivity (Wildman–Crippen MR) is 91.6 cm³/mol. The molecule has 2 nitrogen and oxygen atoms in total. The third-order valence-electron chi connectivity index (χ3n) is 6.58. The van der Waals surface area contributed by atoms with Crippen LogP contribution in [0.2, 0.25) is 0 Å². The van der Waals surface area contributed by atoms with E-state index in [1.54, 1.807) is 0 Å². The van der Waals surface area contributed by atoms with Crippen molar-refractivity contribution in [2.75, 3.05) is 6.61 Å². The smallest absolute Gasteiger partial charge is 0.126 e. The first-order valence-electron chi connectivity index (χ1n) is 8.77. The molecule has 1 saturated carbocycles. The summed E-state index contributed by atoms with van der Waals surface area (Å²) in [7, 11) is 0. The van der Waals surface area contributed by atoms with Gasteiger partial charge in [0.25, 0.3) is 0 Å². The molecule has 4 atom stereocenters. The molecule has 0 aromatic heterocycles. The van der Waals surface area contributed by atoms with Gasteiger partial charge in [0.05, 0.1) is 6.61 Å². The third kappa shape index (κ3) is 3.08. The lowest BCUT2D eigenvalue weighted by molar-refractivity contribution is -0.128. The zero-order chi connectivity index (χ0) is 16.4. The first kappa shape index (κ1) is 17.5. The van der Waals surface area contributed by atoms with E-state index in [2.05, 4.69) is 33.8 Å². The Balaban J connectivity index is 2.25. The summed E-state index contributed by atoms with van der Waals surface area (Å²) >= 11 is 0. The van der Waals surface area contributed by atoms with Crippen LogP contribution in [-0.2, 0) is 4.79 Å². The molecule has 124 valence electrons. The normalized spacial score (nSPS) is 39.1. The maximum Gasteiger partial charge on any atom is 0.126 e. The molecule has 0 saturated heterocycles. The van der Waals surface area contributed by atoms with Gasteiger partial charge in [0.15, 0.2) is 0 Å². The van der Waals surface area contributed by atoms with Crippen LogP contribution in [0.15, 0.2) is 23.3 Å². The quantitative estimate of drug-likeness (QED) is 0.591. The first-order chi connectivity index (χ1) is 10.4. The molecule has 0 heterocycles. The number of aliphatic hydroxyl groups excluding tert-OH is 1. The van der Waals surface area contributed by atoms with E-state index >= 15 is 0 Å². The molecule has 0 aromatic carbocycles. The SMILES string of the molecule is CC1=CC[C@@H]2[C@](C)(CCC[C@]2(C)C=O)[C@H]1CC/C(C)=C/CO. The second kappa shape index (κ2) is 6.70. The highest BCUT2D eigenvalue weighted by molar-refractivity contribution is 5.60. The molecule has 0 amide bonds. The minimum atomic E-state index is -0.154. The highest BCUT2D eigenvalue weighted by atomic mass is 16.2. The lowest BCUT2D eigenvalue weighted by Gasteiger charge is -2.56. The van der Waals surface area contributed by atoms with Crippen LogP contribution < -0.4 is 0 Å². The monoisotopic (exact) mass is 304 g/mol. The second-order valence-corrected chi connectivity index (χ2v) is 8.04. The van der Waals surface area contributed by atoms with Crippen LogP contribution in [0.1, 0.15) is 66.2 Å². The number of allylic oxidation sites excluding steroid dienone is 3. The summed E-state index contributed by atoms with van der Waals surface area (Å²) in [4.78, 5) is 11.8. The Morgan fingerprint density at radius 2 is 2.14 bits per heavy atom. The summed E-state index contributed by atoms with van der Waals surface area (Å²) < 4.78 is 0. The van der Waals surface area contributed by atoms with Crippen LogP contribution in [0.4, 0.5) is 0 Å². The Labute approximate surface area is 135 Å². The lowest BCUT2D eigenvalue weighted by atomic mass is 9.48. The Morgan fingerprint density at radius 3 is 2.77 bits per heavy atom. The fraction of sp³-hybridized carbons (Fsp3) is 0.750. The maximum atomic E-state index is 11.8. The standard InChI is InChI=1S/C20H32O2/c1-15(10-13-21)6-8-17-16(2)7-9-18-19(3,14-22)11-5-12-20(17,18)4/h7,10,14,17-18,21H,5-6,8-9,11-13H2,1-4H3/b15-10+/t17-,18-,19+,20+/m0/s1. The predicted octanol–water partition coefficient (Wildman–Crippen LogP) is 4.68. The molecule has 0 spiro atoms. The van der Waals surface area contributed by atoms with Crippen molar-refractivity contribution >= 4 is 6.29 Å². The van der Waals surface area contributed by atoms with Crippen molar-refractivity contribution in [1.29, 1.82) is 0 Å². The largest absolute Gasteiger partial charge is 0.392 e. The molecular weight excluding hydrogens is 272 g/mol. The van der Waals surface area contributed by atoms with Crippen LogP contribution in [0.5, 0.6) is 0 Å². The van der Waals surface area contributed by atoms with Crippen molar-refractivity contribution in [3.05, 3.63) is 23.3 Å². The summed E-state index contributed by atoms with van der Waals surface area (Å²) in [5.74, 6) is 1.04. The molecule has 22 heavy (non-hydrogen) atoms. The van der Waals surface area contributed by atoms with E-state index in [4.69, 9.17) is 5.11 Å². The van der Waals surface area contributed by atoms with Gasteiger partial charge in [-0.1, -0.05) is 43.6 Å². The fourth-order valence-electron chi connectivity index (χ4n) is 5.20. The number of fused-ring (bicyclic) bond motifs is 1. The van der Waals surface area contributed by atoms with Crippen molar-refractivity contribution in [3.63, 3.8) is 0 Å². The second-order valence-electron chi connectivity index (χ2n) is 8.04. The van der Waals surface area contributed by atoms with E-state index in [9.17, 15) is 4.79 Å². The Hall–Kier alpha value is -0.890. The van der Waals surface area contributed by atoms with Crippen LogP contribution in [0.3, 0.4) is 0 Å². The molecular formula is C20H32O2. The number of rotatable bonds is 5. The Morgan fingerprint density at radius 1 is 1.41 bits per heavy atom. The summed E-state index contributed by atoms with van der Waals surface area (Å²) in [5, 5.41) is 9.04. The summed E-state index contributed by atoms with van der Waals surface area (Å²) in [5.41, 5.74) is 2.87. The molecule has 2 aliphatic carbocycles. The molecule has 1 N–H and O–H groups in total. The van der Waals surface area contributed by atoms with Crippen molar-refractivity contribution in [1.82, 2.24) is 0 Å². The third-order valence-corrected chi connectivity index (χ3v) is 6.58. The average Bonchev–Trinajstić information content (AvgIpc) is 2.46. The molecule has 0 aromatic rings. The van der Waals surface area contributed by atoms with Gasteiger partial charge in [-0.15, -0.1) is 0 Å². The van der Waals surface area contributed by atoms with Gasteiger partial charge in [0, 0.05) is 5.41 Å². The van der Waals surface area contributed by atoms with Gasteiger partial charge in [-0.3, -0.25) is 0 Å². The van der Waals surface area contributed by atoms with Gasteiger partial charge >= 0.3 is 0 Å². The highest BCUT2D eigenvalue weighted by Gasteiger charge is 2.53. The fourth-order valence-corrected chi connectivity index (χ4v) is 5.20. The van der Waals surface area contributed by atoms with Crippen LogP contribution in [-0.4, -0.2) is 18.0 Å². The average molecular weight is 304 g/mol. The van der Waals surface area contributed by atoms with Crippen molar-refractivity contribution < 1.29 is 9.90 Å². The topological polar surface area (TPSA) is 37.3 Å². The zero-order valence-electron chi connectivity index (χ0n) is 14.7. The Kier molecular flexibility index (Phi) is 5.32. The zero-order valence-corrected chi connectivity index (χ0v) is 14.7. The molecule has 0 radical (unpaired) electrons. The van der Waals surface area contributed by atoms with Crippen molar-refractivity contribution in [2.45, 2.75) is 66.2 Å². The maximum absolute atomic E-state index is 11.8. The van der Waals surface area contributed by atoms with Crippen LogP contribution in [0, 0.1) is 22.7 Å². The number of carbonyl (C=O) groups excluding carboxylic acids is 1. The number of carbonyl (C=O) groups is 1. The molecule has 0 unspecified atom stereocenters. The van der Waals surface area contributed by atoms with Gasteiger partial charge in [0.2, 0.25) is 0 Å². The molecule has 2 rings (SSSR count). The Bertz CT molecular complexity index is 476. The number of hydrogen-bond donors (Lipinski definition) is 1. The lowest BCUT2D eigenvalue weighted by Crippen LogP contribution is -2.50. The first-order valence-corrected chi connectivity index (χ1v) is 8.77. The van der Waals surface area contributed by atoms with E-state index in [0.29, 0.717) is 11.8 Å². The van der Waals surface area contributed by atoms with E-state index in [0.717, 1.165) is 32.1 Å². The van der Waals surface area contributed by atoms with E-state index in [-0.39, 0.29) is 17.4 Å². The summed E-state index contributed by atoms with van der Waals surface area (Å²) in [6.45, 7) is 9.10. The molecule has 2 aliphatic rings. The number of aldehydes is 1. The van der Waals surface area contributed by atoms with E-state index in [1.165, 1.54) is 23.9 Å². The van der Waals surface area contributed by atoms with Crippen LogP contribution >= 0.6 is 0 Å².